The van der Waals surface area contributed by atoms with Crippen LogP contribution in [-0.4, -0.2) is 32.2 Å². The average Bonchev–Trinajstić information content (AvgIpc) is 3.04. The third-order valence-electron chi connectivity index (χ3n) is 6.41. The standard InChI is InChI=1S/C24H28N2O5S/c1-3-16-8-11-18(12-9-16)25-32(29,30)22-14-17(10-13-21(22)31-2)15-26-23(27)19-6-4-5-7-20(19)24(26)28/h8-14,19-20,25H,3-7,15H2,1-2H3/t19-,20-/m0/s1. The summed E-state index contributed by atoms with van der Waals surface area (Å²) in [5.41, 5.74) is 2.12. The monoisotopic (exact) mass is 456 g/mol. The zero-order valence-electron chi connectivity index (χ0n) is 18.3. The fourth-order valence-electron chi connectivity index (χ4n) is 4.62. The summed E-state index contributed by atoms with van der Waals surface area (Å²) in [7, 11) is -2.54. The van der Waals surface area contributed by atoms with E-state index >= 15 is 0 Å². The summed E-state index contributed by atoms with van der Waals surface area (Å²) < 4.78 is 34.1. The fourth-order valence-corrected chi connectivity index (χ4v) is 5.90. The van der Waals surface area contributed by atoms with Gasteiger partial charge < -0.3 is 4.74 Å². The van der Waals surface area contributed by atoms with Crippen LogP contribution in [0.3, 0.4) is 0 Å². The molecule has 1 heterocycles. The lowest BCUT2D eigenvalue weighted by Gasteiger charge is -2.19. The Bertz CT molecular complexity index is 1100. The number of imide groups is 1. The smallest absolute Gasteiger partial charge is 0.265 e. The molecular formula is C24H28N2O5S. The number of amides is 2. The van der Waals surface area contributed by atoms with E-state index in [9.17, 15) is 18.0 Å². The highest BCUT2D eigenvalue weighted by Gasteiger charge is 2.47. The van der Waals surface area contributed by atoms with Crippen molar-refractivity contribution >= 4 is 27.5 Å². The van der Waals surface area contributed by atoms with Crippen molar-refractivity contribution in [1.29, 1.82) is 0 Å². The number of fused-ring (bicyclic) bond motifs is 1. The van der Waals surface area contributed by atoms with Crippen molar-refractivity contribution in [3.05, 3.63) is 53.6 Å². The van der Waals surface area contributed by atoms with Crippen LogP contribution < -0.4 is 9.46 Å². The third kappa shape index (κ3) is 4.24. The maximum atomic E-state index is 13.1. The van der Waals surface area contributed by atoms with E-state index in [1.54, 1.807) is 24.3 Å². The van der Waals surface area contributed by atoms with Gasteiger partial charge in [0.1, 0.15) is 10.6 Å². The predicted octanol–water partition coefficient (Wildman–Crippen LogP) is 3.73. The second-order valence-corrected chi connectivity index (χ2v) is 10.1. The Morgan fingerprint density at radius 1 is 0.969 bits per heavy atom. The Kier molecular flexibility index (Phi) is 6.24. The minimum Gasteiger partial charge on any atom is -0.495 e. The van der Waals surface area contributed by atoms with Gasteiger partial charge in [0, 0.05) is 5.69 Å². The minimum atomic E-state index is -3.94. The summed E-state index contributed by atoms with van der Waals surface area (Å²) in [5, 5.41) is 0. The van der Waals surface area contributed by atoms with Crippen LogP contribution in [0, 0.1) is 11.8 Å². The van der Waals surface area contributed by atoms with Gasteiger partial charge in [-0.1, -0.05) is 38.0 Å². The van der Waals surface area contributed by atoms with E-state index in [0.717, 1.165) is 37.7 Å². The van der Waals surface area contributed by atoms with Crippen molar-refractivity contribution in [1.82, 2.24) is 4.90 Å². The Morgan fingerprint density at radius 3 is 2.12 bits per heavy atom. The largest absolute Gasteiger partial charge is 0.495 e. The molecule has 1 saturated heterocycles. The summed E-state index contributed by atoms with van der Waals surface area (Å²) in [6.45, 7) is 2.09. The van der Waals surface area contributed by atoms with Crippen LogP contribution in [0.15, 0.2) is 47.4 Å². The number of hydrogen-bond donors (Lipinski definition) is 1. The number of carbonyl (C=O) groups is 2. The number of nitrogens with zero attached hydrogens (tertiary/aromatic N) is 1. The van der Waals surface area contributed by atoms with Gasteiger partial charge in [-0.15, -0.1) is 0 Å². The molecule has 2 atom stereocenters. The lowest BCUT2D eigenvalue weighted by molar-refractivity contribution is -0.140. The van der Waals surface area contributed by atoms with Gasteiger partial charge >= 0.3 is 0 Å². The average molecular weight is 457 g/mol. The molecule has 1 aliphatic carbocycles. The maximum Gasteiger partial charge on any atom is 0.265 e. The van der Waals surface area contributed by atoms with Crippen molar-refractivity contribution < 1.29 is 22.7 Å². The van der Waals surface area contributed by atoms with Gasteiger partial charge in [0.2, 0.25) is 11.8 Å². The first-order valence-electron chi connectivity index (χ1n) is 11.0. The number of likely N-dealkylation sites (tertiary alicyclic amines) is 1. The van der Waals surface area contributed by atoms with Gasteiger partial charge in [0.15, 0.2) is 0 Å². The van der Waals surface area contributed by atoms with Gasteiger partial charge in [0.05, 0.1) is 25.5 Å². The first-order chi connectivity index (χ1) is 15.3. The molecule has 7 nitrogen and oxygen atoms in total. The molecule has 2 aliphatic rings. The summed E-state index contributed by atoms with van der Waals surface area (Å²) >= 11 is 0. The second-order valence-electron chi connectivity index (χ2n) is 8.40. The van der Waals surface area contributed by atoms with Crippen molar-refractivity contribution in [3.63, 3.8) is 0 Å². The van der Waals surface area contributed by atoms with E-state index in [4.69, 9.17) is 4.74 Å². The number of methoxy groups -OCH3 is 1. The zero-order chi connectivity index (χ0) is 22.9. The van der Waals surface area contributed by atoms with Crippen molar-refractivity contribution in [2.45, 2.75) is 50.5 Å². The van der Waals surface area contributed by atoms with Crippen molar-refractivity contribution in [2.75, 3.05) is 11.8 Å². The van der Waals surface area contributed by atoms with E-state index in [1.807, 2.05) is 19.1 Å². The molecule has 2 aromatic rings. The van der Waals surface area contributed by atoms with Crippen molar-refractivity contribution in [3.8, 4) is 5.75 Å². The number of sulfonamides is 1. The third-order valence-corrected chi connectivity index (χ3v) is 7.81. The highest BCUT2D eigenvalue weighted by atomic mass is 32.2. The summed E-state index contributed by atoms with van der Waals surface area (Å²) in [4.78, 5) is 26.9. The van der Waals surface area contributed by atoms with E-state index in [-0.39, 0.29) is 40.8 Å². The molecule has 8 heteroatoms. The molecule has 2 amide bonds. The number of nitrogens with one attached hydrogen (secondary N) is 1. The fraction of sp³-hybridized carbons (Fsp3) is 0.417. The van der Waals surface area contributed by atoms with E-state index < -0.39 is 10.0 Å². The molecule has 1 saturated carbocycles. The topological polar surface area (TPSA) is 92.8 Å². The lowest BCUT2D eigenvalue weighted by atomic mass is 9.81. The lowest BCUT2D eigenvalue weighted by Crippen LogP contribution is -2.30. The van der Waals surface area contributed by atoms with Crippen molar-refractivity contribution in [2.24, 2.45) is 11.8 Å². The Hall–Kier alpha value is -2.87. The first-order valence-corrected chi connectivity index (χ1v) is 12.5. The van der Waals surface area contributed by atoms with Gasteiger partial charge in [-0.2, -0.15) is 0 Å². The number of hydrogen-bond acceptors (Lipinski definition) is 5. The Balaban J connectivity index is 1.59. The summed E-state index contributed by atoms with van der Waals surface area (Å²) in [5.74, 6) is -0.557. The van der Waals surface area contributed by atoms with Gasteiger partial charge in [-0.05, 0) is 54.7 Å². The molecular weight excluding hydrogens is 428 g/mol. The molecule has 170 valence electrons. The number of anilines is 1. The highest BCUT2D eigenvalue weighted by molar-refractivity contribution is 7.92. The van der Waals surface area contributed by atoms with E-state index in [1.165, 1.54) is 18.1 Å². The normalized spacial score (nSPS) is 20.9. The summed E-state index contributed by atoms with van der Waals surface area (Å²) in [6.07, 6.45) is 4.27. The second kappa shape index (κ2) is 8.94. The van der Waals surface area contributed by atoms with Crippen LogP contribution >= 0.6 is 0 Å². The SMILES string of the molecule is CCc1ccc(NS(=O)(=O)c2cc(CN3C(=O)[C@H]4CCCC[C@@H]4C3=O)ccc2OC)cc1. The molecule has 2 fully saturated rings. The predicted molar refractivity (Wildman–Crippen MR) is 121 cm³/mol. The van der Waals surface area contributed by atoms with Crippen LogP contribution in [-0.2, 0) is 32.6 Å². The minimum absolute atomic E-state index is 0.0337. The zero-order valence-corrected chi connectivity index (χ0v) is 19.2. The van der Waals surface area contributed by atoms with E-state index in [2.05, 4.69) is 4.72 Å². The van der Waals surface area contributed by atoms with Crippen LogP contribution in [0.25, 0.3) is 0 Å². The maximum absolute atomic E-state index is 13.1. The number of benzene rings is 2. The molecule has 0 aromatic heterocycles. The Labute approximate surface area is 188 Å². The molecule has 1 aliphatic heterocycles. The molecule has 0 spiro atoms. The van der Waals surface area contributed by atoms with Gasteiger partial charge in [-0.3, -0.25) is 19.2 Å². The number of ether oxygens (including phenoxy) is 1. The number of carbonyl (C=O) groups excluding carboxylic acids is 2. The Morgan fingerprint density at radius 2 is 1.56 bits per heavy atom. The van der Waals surface area contributed by atoms with Gasteiger partial charge in [-0.25, -0.2) is 8.42 Å². The van der Waals surface area contributed by atoms with Crippen LogP contribution in [0.2, 0.25) is 0 Å². The van der Waals surface area contributed by atoms with Gasteiger partial charge in [0.25, 0.3) is 10.0 Å². The van der Waals surface area contributed by atoms with Crippen LogP contribution in [0.4, 0.5) is 5.69 Å². The number of aryl methyl sites for hydroxylation is 1. The molecule has 0 bridgehead atoms. The quantitative estimate of drug-likeness (QED) is 0.641. The first kappa shape index (κ1) is 22.3. The van der Waals surface area contributed by atoms with E-state index in [0.29, 0.717) is 11.3 Å². The molecule has 1 N–H and O–H groups in total. The molecule has 0 unspecified atom stereocenters. The summed E-state index contributed by atoms with van der Waals surface area (Å²) in [6, 6.07) is 11.9. The molecule has 2 aromatic carbocycles. The molecule has 4 rings (SSSR count). The number of rotatable bonds is 7. The van der Waals surface area contributed by atoms with Crippen LogP contribution in [0.1, 0.15) is 43.7 Å². The highest BCUT2D eigenvalue weighted by Crippen LogP contribution is 2.39. The van der Waals surface area contributed by atoms with Crippen LogP contribution in [0.5, 0.6) is 5.75 Å². The molecule has 0 radical (unpaired) electrons. The molecule has 32 heavy (non-hydrogen) atoms.